The summed E-state index contributed by atoms with van der Waals surface area (Å²) in [4.78, 5) is 30.2. The van der Waals surface area contributed by atoms with Gasteiger partial charge in [-0.25, -0.2) is 4.98 Å². The van der Waals surface area contributed by atoms with Gasteiger partial charge in [-0.05, 0) is 20.8 Å². The minimum absolute atomic E-state index is 0.117. The van der Waals surface area contributed by atoms with E-state index >= 15 is 0 Å². The van der Waals surface area contributed by atoms with Gasteiger partial charge in [0.2, 0.25) is 5.71 Å². The molecule has 0 spiro atoms. The predicted octanol–water partition coefficient (Wildman–Crippen LogP) is 0.325. The van der Waals surface area contributed by atoms with Crippen molar-refractivity contribution in [2.45, 2.75) is 26.3 Å². The minimum atomic E-state index is -0.790. The number of furan rings is 1. The molecule has 2 aromatic rings. The average Bonchev–Trinajstić information content (AvgIpc) is 2.66. The van der Waals surface area contributed by atoms with Crippen LogP contribution in [0, 0.1) is 6.92 Å². The number of nitrogens with one attached hydrogen (secondary N) is 2. The number of amides is 1. The third-order valence-electron chi connectivity index (χ3n) is 2.74. The largest absolute Gasteiger partial charge is 0.442 e. The summed E-state index contributed by atoms with van der Waals surface area (Å²) in [6.07, 6.45) is 1.22. The van der Waals surface area contributed by atoms with Crippen LogP contribution < -0.4 is 10.9 Å². The summed E-state index contributed by atoms with van der Waals surface area (Å²) in [5.74, 6) is -0.167. The van der Waals surface area contributed by atoms with Crippen molar-refractivity contribution in [3.63, 3.8) is 0 Å². The summed E-state index contributed by atoms with van der Waals surface area (Å²) in [5, 5.41) is 11.9. The van der Waals surface area contributed by atoms with Crippen LogP contribution in [-0.4, -0.2) is 33.1 Å². The zero-order chi connectivity index (χ0) is 14.2. The lowest BCUT2D eigenvalue weighted by Crippen LogP contribution is -2.46. The minimum Gasteiger partial charge on any atom is -0.442 e. The van der Waals surface area contributed by atoms with Gasteiger partial charge in [0.05, 0.1) is 24.0 Å². The molecular weight excluding hydrogens is 250 g/mol. The molecule has 0 radical (unpaired) electrons. The molecule has 7 nitrogen and oxygen atoms in total. The fourth-order valence-corrected chi connectivity index (χ4v) is 1.74. The zero-order valence-electron chi connectivity index (χ0n) is 10.9. The van der Waals surface area contributed by atoms with Gasteiger partial charge in [-0.15, -0.1) is 0 Å². The Morgan fingerprint density at radius 1 is 1.58 bits per heavy atom. The Morgan fingerprint density at radius 3 is 2.89 bits per heavy atom. The third-order valence-corrected chi connectivity index (χ3v) is 2.74. The second kappa shape index (κ2) is 4.51. The van der Waals surface area contributed by atoms with Gasteiger partial charge in [0.1, 0.15) is 11.1 Å². The summed E-state index contributed by atoms with van der Waals surface area (Å²) in [5.41, 5.74) is -0.963. The molecule has 0 aromatic carbocycles. The Labute approximate surface area is 108 Å². The fraction of sp³-hybridized carbons (Fsp3) is 0.417. The molecule has 0 saturated heterocycles. The van der Waals surface area contributed by atoms with Gasteiger partial charge < -0.3 is 19.8 Å². The number of carbonyl (C=O) groups is 1. The number of aromatic amines is 1. The quantitative estimate of drug-likeness (QED) is 0.741. The van der Waals surface area contributed by atoms with Gasteiger partial charge in [0, 0.05) is 0 Å². The van der Waals surface area contributed by atoms with Gasteiger partial charge in [-0.2, -0.15) is 0 Å². The zero-order valence-corrected chi connectivity index (χ0v) is 10.9. The van der Waals surface area contributed by atoms with Crippen molar-refractivity contribution < 1.29 is 14.3 Å². The number of hydrogen-bond donors (Lipinski definition) is 3. The second-order valence-electron chi connectivity index (χ2n) is 4.94. The van der Waals surface area contributed by atoms with Crippen molar-refractivity contribution in [2.75, 3.05) is 6.61 Å². The van der Waals surface area contributed by atoms with Gasteiger partial charge >= 0.3 is 0 Å². The van der Waals surface area contributed by atoms with Crippen molar-refractivity contribution >= 4 is 17.0 Å². The Balaban J connectivity index is 2.54. The number of aromatic nitrogens is 2. The van der Waals surface area contributed by atoms with E-state index in [4.69, 9.17) is 9.52 Å². The highest BCUT2D eigenvalue weighted by Crippen LogP contribution is 2.20. The third kappa shape index (κ3) is 2.37. The molecule has 7 heteroatoms. The molecule has 0 aliphatic rings. The van der Waals surface area contributed by atoms with Crippen LogP contribution in [0.1, 0.15) is 30.0 Å². The van der Waals surface area contributed by atoms with E-state index in [1.54, 1.807) is 20.8 Å². The smallest absolute Gasteiger partial charge is 0.262 e. The van der Waals surface area contributed by atoms with E-state index in [1.165, 1.54) is 6.33 Å². The Morgan fingerprint density at radius 2 is 2.26 bits per heavy atom. The number of hydrogen-bond acceptors (Lipinski definition) is 5. The summed E-state index contributed by atoms with van der Waals surface area (Å²) < 4.78 is 5.29. The molecule has 0 aliphatic heterocycles. The van der Waals surface area contributed by atoms with Gasteiger partial charge in [-0.3, -0.25) is 9.59 Å². The highest BCUT2D eigenvalue weighted by Gasteiger charge is 2.26. The molecule has 0 saturated carbocycles. The molecule has 0 unspecified atom stereocenters. The number of aryl methyl sites for hydroxylation is 1. The lowest BCUT2D eigenvalue weighted by molar-refractivity contribution is 0.0869. The van der Waals surface area contributed by atoms with Crippen LogP contribution >= 0.6 is 0 Å². The molecule has 0 atom stereocenters. The first-order valence-electron chi connectivity index (χ1n) is 5.76. The van der Waals surface area contributed by atoms with Crippen LogP contribution in [0.2, 0.25) is 0 Å². The molecule has 2 aromatic heterocycles. The van der Waals surface area contributed by atoms with E-state index in [1.807, 2.05) is 0 Å². The van der Waals surface area contributed by atoms with Crippen molar-refractivity contribution in [3.05, 3.63) is 28.0 Å². The molecule has 0 bridgehead atoms. The second-order valence-corrected chi connectivity index (χ2v) is 4.94. The fourth-order valence-electron chi connectivity index (χ4n) is 1.74. The van der Waals surface area contributed by atoms with Crippen LogP contribution in [0.3, 0.4) is 0 Å². The highest BCUT2D eigenvalue weighted by atomic mass is 16.3. The van der Waals surface area contributed by atoms with Crippen LogP contribution in [0.25, 0.3) is 11.1 Å². The number of carbonyl (C=O) groups excluding carboxylic acids is 1. The molecule has 1 amide bonds. The summed E-state index contributed by atoms with van der Waals surface area (Å²) in [6, 6.07) is 0. The first-order valence-corrected chi connectivity index (χ1v) is 5.76. The van der Waals surface area contributed by atoms with Crippen LogP contribution in [-0.2, 0) is 0 Å². The van der Waals surface area contributed by atoms with E-state index in [0.29, 0.717) is 5.76 Å². The highest BCUT2D eigenvalue weighted by molar-refractivity contribution is 6.06. The number of aliphatic hydroxyl groups is 1. The average molecular weight is 265 g/mol. The van der Waals surface area contributed by atoms with E-state index < -0.39 is 17.0 Å². The molecule has 102 valence electrons. The van der Waals surface area contributed by atoms with Crippen molar-refractivity contribution in [3.8, 4) is 0 Å². The Kier molecular flexibility index (Phi) is 3.15. The van der Waals surface area contributed by atoms with Crippen molar-refractivity contribution in [1.29, 1.82) is 0 Å². The standard InChI is InChI=1S/C12H15N3O4/c1-6-7(10(18)15-12(2,3)4-16)8-9(17)13-5-14-11(8)19-6/h5,16H,4H2,1-3H3,(H,15,18)(H,13,14,17). The van der Waals surface area contributed by atoms with E-state index in [2.05, 4.69) is 15.3 Å². The monoisotopic (exact) mass is 265 g/mol. The predicted molar refractivity (Wildman–Crippen MR) is 68.0 cm³/mol. The molecule has 0 aliphatic carbocycles. The number of rotatable bonds is 3. The summed E-state index contributed by atoms with van der Waals surface area (Å²) in [7, 11) is 0. The SMILES string of the molecule is Cc1oc2nc[nH]c(=O)c2c1C(=O)NC(C)(C)CO. The number of H-pyrrole nitrogens is 1. The molecular formula is C12H15N3O4. The molecule has 2 heterocycles. The van der Waals surface area contributed by atoms with Gasteiger partial charge in [-0.1, -0.05) is 0 Å². The molecule has 2 rings (SSSR count). The van der Waals surface area contributed by atoms with Gasteiger partial charge in [0.25, 0.3) is 11.5 Å². The topological polar surface area (TPSA) is 108 Å². The molecule has 19 heavy (non-hydrogen) atoms. The lowest BCUT2D eigenvalue weighted by atomic mass is 10.1. The first kappa shape index (κ1) is 13.3. The molecule has 3 N–H and O–H groups in total. The summed E-state index contributed by atoms with van der Waals surface area (Å²) >= 11 is 0. The van der Waals surface area contributed by atoms with E-state index in [0.717, 1.165) is 0 Å². The van der Waals surface area contributed by atoms with Crippen LogP contribution in [0.5, 0.6) is 0 Å². The Bertz CT molecular complexity index is 684. The van der Waals surface area contributed by atoms with Crippen molar-refractivity contribution in [2.24, 2.45) is 0 Å². The normalized spacial score (nSPS) is 11.8. The van der Waals surface area contributed by atoms with Crippen LogP contribution in [0.4, 0.5) is 0 Å². The van der Waals surface area contributed by atoms with Crippen molar-refractivity contribution in [1.82, 2.24) is 15.3 Å². The molecule has 0 fully saturated rings. The van der Waals surface area contributed by atoms with E-state index in [9.17, 15) is 9.59 Å². The number of fused-ring (bicyclic) bond motifs is 1. The maximum absolute atomic E-state index is 12.2. The number of aliphatic hydroxyl groups excluding tert-OH is 1. The van der Waals surface area contributed by atoms with E-state index in [-0.39, 0.29) is 23.3 Å². The first-order chi connectivity index (χ1) is 8.85. The Hall–Kier alpha value is -2.15. The maximum atomic E-state index is 12.2. The number of nitrogens with zero attached hydrogens (tertiary/aromatic N) is 1. The summed E-state index contributed by atoms with van der Waals surface area (Å²) in [6.45, 7) is 4.71. The van der Waals surface area contributed by atoms with Crippen LogP contribution in [0.15, 0.2) is 15.5 Å². The van der Waals surface area contributed by atoms with Gasteiger partial charge in [0.15, 0.2) is 0 Å². The lowest BCUT2D eigenvalue weighted by Gasteiger charge is -2.23. The maximum Gasteiger partial charge on any atom is 0.262 e.